The third-order valence-corrected chi connectivity index (χ3v) is 3.86. The summed E-state index contributed by atoms with van der Waals surface area (Å²) in [5.41, 5.74) is -0.603. The predicted molar refractivity (Wildman–Crippen MR) is 68.4 cm³/mol. The molecule has 0 saturated carbocycles. The second kappa shape index (κ2) is 4.70. The molecule has 2 saturated heterocycles. The van der Waals surface area contributed by atoms with Crippen LogP contribution in [0.5, 0.6) is 0 Å². The van der Waals surface area contributed by atoms with Crippen LogP contribution in [-0.4, -0.2) is 54.0 Å². The number of hydrogen-bond donors (Lipinski definition) is 2. The Labute approximate surface area is 108 Å². The van der Waals surface area contributed by atoms with E-state index < -0.39 is 11.7 Å². The van der Waals surface area contributed by atoms with Gasteiger partial charge in [-0.15, -0.1) is 0 Å². The van der Waals surface area contributed by atoms with Gasteiger partial charge in [0.15, 0.2) is 0 Å². The van der Waals surface area contributed by atoms with Gasteiger partial charge in [0.05, 0.1) is 12.6 Å². The van der Waals surface area contributed by atoms with E-state index in [-0.39, 0.29) is 11.5 Å². The van der Waals surface area contributed by atoms with Crippen LogP contribution in [0.4, 0.5) is 4.79 Å². The first-order valence-electron chi connectivity index (χ1n) is 6.69. The van der Waals surface area contributed by atoms with Gasteiger partial charge in [0.25, 0.3) is 0 Å². The van der Waals surface area contributed by atoms with Crippen molar-refractivity contribution in [2.24, 2.45) is 5.41 Å². The molecule has 1 atom stereocenters. The second-order valence-electron chi connectivity index (χ2n) is 6.49. The Morgan fingerprint density at radius 3 is 2.56 bits per heavy atom. The van der Waals surface area contributed by atoms with Crippen molar-refractivity contribution >= 4 is 6.09 Å². The molecular weight excluding hydrogens is 232 g/mol. The fourth-order valence-corrected chi connectivity index (χ4v) is 2.83. The van der Waals surface area contributed by atoms with Gasteiger partial charge in [-0.25, -0.2) is 4.79 Å². The van der Waals surface area contributed by atoms with Crippen molar-refractivity contribution in [3.05, 3.63) is 0 Å². The second-order valence-corrected chi connectivity index (χ2v) is 6.49. The molecule has 104 valence electrons. The maximum Gasteiger partial charge on any atom is 0.410 e. The van der Waals surface area contributed by atoms with E-state index in [1.54, 1.807) is 4.90 Å². The first kappa shape index (κ1) is 13.6. The van der Waals surface area contributed by atoms with Gasteiger partial charge in [0, 0.05) is 12.0 Å². The number of β-amino-alcohol motifs (C(OH)–C–C–N with tert-alkyl or cyclic N) is 1. The van der Waals surface area contributed by atoms with Crippen molar-refractivity contribution in [3.8, 4) is 0 Å². The summed E-state index contributed by atoms with van der Waals surface area (Å²) in [5.74, 6) is 0. The fraction of sp³-hybridized carbons (Fsp3) is 0.923. The zero-order valence-electron chi connectivity index (χ0n) is 11.5. The Morgan fingerprint density at radius 2 is 2.00 bits per heavy atom. The average Bonchev–Trinajstić information content (AvgIpc) is 2.56. The minimum absolute atomic E-state index is 0.123. The van der Waals surface area contributed by atoms with Gasteiger partial charge in [0.1, 0.15) is 5.60 Å². The molecule has 2 aliphatic rings. The number of nitrogens with one attached hydrogen (secondary N) is 1. The van der Waals surface area contributed by atoms with Crippen LogP contribution in [0.1, 0.15) is 33.6 Å². The summed E-state index contributed by atoms with van der Waals surface area (Å²) >= 11 is 0. The monoisotopic (exact) mass is 256 g/mol. The lowest BCUT2D eigenvalue weighted by atomic mass is 9.76. The fourth-order valence-electron chi connectivity index (χ4n) is 2.83. The van der Waals surface area contributed by atoms with Crippen LogP contribution >= 0.6 is 0 Å². The van der Waals surface area contributed by atoms with Gasteiger partial charge >= 0.3 is 6.09 Å². The van der Waals surface area contributed by atoms with E-state index >= 15 is 0 Å². The predicted octanol–water partition coefficient (Wildman–Crippen LogP) is 0.968. The van der Waals surface area contributed by atoms with Gasteiger partial charge < -0.3 is 20.1 Å². The molecule has 0 bridgehead atoms. The molecule has 1 unspecified atom stereocenters. The molecule has 5 heteroatoms. The lowest BCUT2D eigenvalue weighted by Gasteiger charge is -2.36. The summed E-state index contributed by atoms with van der Waals surface area (Å²) in [6, 6.07) is 0. The van der Waals surface area contributed by atoms with Gasteiger partial charge in [-0.05, 0) is 46.7 Å². The average molecular weight is 256 g/mol. The zero-order chi connectivity index (χ0) is 13.4. The maximum absolute atomic E-state index is 12.0. The van der Waals surface area contributed by atoms with Crippen molar-refractivity contribution in [2.45, 2.75) is 45.3 Å². The first-order chi connectivity index (χ1) is 8.32. The topological polar surface area (TPSA) is 61.8 Å². The SMILES string of the molecule is CC(C)(C)OC(=O)N1CC(O)C2(CCNCC2)C1. The summed E-state index contributed by atoms with van der Waals surface area (Å²) in [7, 11) is 0. The number of likely N-dealkylation sites (tertiary alicyclic amines) is 1. The Hall–Kier alpha value is -0.810. The summed E-state index contributed by atoms with van der Waals surface area (Å²) in [5, 5.41) is 13.5. The number of aliphatic hydroxyl groups excluding tert-OH is 1. The molecule has 0 aromatic heterocycles. The molecular formula is C13H24N2O3. The highest BCUT2D eigenvalue weighted by atomic mass is 16.6. The third kappa shape index (κ3) is 2.78. The van der Waals surface area contributed by atoms with E-state index in [0.29, 0.717) is 13.1 Å². The Morgan fingerprint density at radius 1 is 1.39 bits per heavy atom. The zero-order valence-corrected chi connectivity index (χ0v) is 11.5. The van der Waals surface area contributed by atoms with Gasteiger partial charge in [-0.1, -0.05) is 0 Å². The summed E-state index contributed by atoms with van der Waals surface area (Å²) < 4.78 is 5.36. The molecule has 0 aliphatic carbocycles. The molecule has 2 heterocycles. The molecule has 0 radical (unpaired) electrons. The van der Waals surface area contributed by atoms with E-state index in [2.05, 4.69) is 5.32 Å². The number of amides is 1. The summed E-state index contributed by atoms with van der Waals surface area (Å²) in [6.45, 7) is 8.42. The quantitative estimate of drug-likeness (QED) is 0.678. The maximum atomic E-state index is 12.0. The number of rotatable bonds is 0. The van der Waals surface area contributed by atoms with Gasteiger partial charge in [-0.3, -0.25) is 0 Å². The molecule has 0 aromatic carbocycles. The number of nitrogens with zero attached hydrogens (tertiary/aromatic N) is 1. The van der Waals surface area contributed by atoms with Crippen molar-refractivity contribution in [2.75, 3.05) is 26.2 Å². The highest BCUT2D eigenvalue weighted by molar-refractivity contribution is 5.68. The molecule has 1 spiro atoms. The van der Waals surface area contributed by atoms with E-state index in [1.165, 1.54) is 0 Å². The molecule has 2 fully saturated rings. The van der Waals surface area contributed by atoms with Crippen LogP contribution < -0.4 is 5.32 Å². The van der Waals surface area contributed by atoms with E-state index in [1.807, 2.05) is 20.8 Å². The minimum atomic E-state index is -0.480. The highest BCUT2D eigenvalue weighted by Crippen LogP contribution is 2.39. The number of carbonyl (C=O) groups is 1. The molecule has 2 N–H and O–H groups in total. The van der Waals surface area contributed by atoms with Crippen molar-refractivity contribution in [3.63, 3.8) is 0 Å². The van der Waals surface area contributed by atoms with Crippen LogP contribution in [0.15, 0.2) is 0 Å². The molecule has 1 amide bonds. The van der Waals surface area contributed by atoms with Crippen molar-refractivity contribution < 1.29 is 14.6 Å². The first-order valence-corrected chi connectivity index (χ1v) is 6.69. The van der Waals surface area contributed by atoms with E-state index in [0.717, 1.165) is 25.9 Å². The minimum Gasteiger partial charge on any atom is -0.444 e. The third-order valence-electron chi connectivity index (χ3n) is 3.86. The normalized spacial score (nSPS) is 27.6. The van der Waals surface area contributed by atoms with E-state index in [9.17, 15) is 9.90 Å². The van der Waals surface area contributed by atoms with Gasteiger partial charge in [0.2, 0.25) is 0 Å². The van der Waals surface area contributed by atoms with Crippen LogP contribution in [0, 0.1) is 5.41 Å². The Balaban J connectivity index is 1.99. The Bertz CT molecular complexity index is 319. The highest BCUT2D eigenvalue weighted by Gasteiger charge is 2.48. The van der Waals surface area contributed by atoms with Crippen LogP contribution in [0.2, 0.25) is 0 Å². The molecule has 0 aromatic rings. The number of aliphatic hydroxyl groups is 1. The molecule has 2 rings (SSSR count). The molecule has 2 aliphatic heterocycles. The summed E-state index contributed by atoms with van der Waals surface area (Å²) in [6.07, 6.45) is 1.12. The molecule has 5 nitrogen and oxygen atoms in total. The van der Waals surface area contributed by atoms with Crippen LogP contribution in [-0.2, 0) is 4.74 Å². The van der Waals surface area contributed by atoms with Crippen molar-refractivity contribution in [1.29, 1.82) is 0 Å². The van der Waals surface area contributed by atoms with E-state index in [4.69, 9.17) is 4.74 Å². The number of ether oxygens (including phenoxy) is 1. The lowest BCUT2D eigenvalue weighted by Crippen LogP contribution is -2.44. The Kier molecular flexibility index (Phi) is 3.56. The van der Waals surface area contributed by atoms with Crippen molar-refractivity contribution in [1.82, 2.24) is 10.2 Å². The largest absolute Gasteiger partial charge is 0.444 e. The number of piperidine rings is 1. The van der Waals surface area contributed by atoms with Gasteiger partial charge in [-0.2, -0.15) is 0 Å². The standard InChI is InChI=1S/C13H24N2O3/c1-12(2,3)18-11(17)15-8-10(16)13(9-15)4-6-14-7-5-13/h10,14,16H,4-9H2,1-3H3. The van der Waals surface area contributed by atoms with Crippen LogP contribution in [0.3, 0.4) is 0 Å². The smallest absolute Gasteiger partial charge is 0.410 e. The summed E-state index contributed by atoms with van der Waals surface area (Å²) in [4.78, 5) is 13.7. The van der Waals surface area contributed by atoms with Crippen LogP contribution in [0.25, 0.3) is 0 Å². The molecule has 18 heavy (non-hydrogen) atoms. The lowest BCUT2D eigenvalue weighted by molar-refractivity contribution is 0.0264. The number of hydrogen-bond acceptors (Lipinski definition) is 4. The number of carbonyl (C=O) groups excluding carboxylic acids is 1.